The first-order valence-corrected chi connectivity index (χ1v) is 19.2. The van der Waals surface area contributed by atoms with E-state index in [0.29, 0.717) is 28.9 Å². The molecule has 0 aliphatic rings. The third-order valence-electron chi connectivity index (χ3n) is 10.2. The van der Waals surface area contributed by atoms with E-state index in [2.05, 4.69) is 97.1 Å². The zero-order valence-electron chi connectivity index (χ0n) is 29.8. The number of furan rings is 1. The van der Waals surface area contributed by atoms with Crippen molar-refractivity contribution in [2.75, 3.05) is 0 Å². The van der Waals surface area contributed by atoms with Crippen LogP contribution in [0.4, 0.5) is 0 Å². The number of thiophene rings is 1. The van der Waals surface area contributed by atoms with Gasteiger partial charge < -0.3 is 4.42 Å². The molecule has 0 saturated carbocycles. The maximum atomic E-state index is 6.77. The van der Waals surface area contributed by atoms with Crippen molar-refractivity contribution < 1.29 is 4.42 Å². The van der Waals surface area contributed by atoms with Gasteiger partial charge >= 0.3 is 0 Å². The number of hydrogen-bond acceptors (Lipinski definition) is 7. The molecule has 0 atom stereocenters. The first-order valence-electron chi connectivity index (χ1n) is 18.4. The van der Waals surface area contributed by atoms with E-state index < -0.39 is 0 Å². The smallest absolute Gasteiger partial charge is 0.164 e. The van der Waals surface area contributed by atoms with E-state index in [-0.39, 0.29) is 0 Å². The normalized spacial score (nSPS) is 11.6. The lowest BCUT2D eigenvalue weighted by molar-refractivity contribution is 0.669. The molecule has 0 amide bonds. The number of aromatic nitrogens is 5. The molecule has 0 bridgehead atoms. The van der Waals surface area contributed by atoms with Crippen LogP contribution in [0.2, 0.25) is 0 Å². The Bertz CT molecular complexity index is 3250. The van der Waals surface area contributed by atoms with Crippen LogP contribution in [0.1, 0.15) is 0 Å². The van der Waals surface area contributed by atoms with E-state index in [1.807, 2.05) is 78.9 Å². The van der Waals surface area contributed by atoms with Crippen LogP contribution in [0, 0.1) is 0 Å². The van der Waals surface area contributed by atoms with Crippen molar-refractivity contribution >= 4 is 53.6 Å². The van der Waals surface area contributed by atoms with E-state index in [9.17, 15) is 0 Å². The van der Waals surface area contributed by atoms with Crippen molar-refractivity contribution in [1.82, 2.24) is 24.9 Å². The number of rotatable bonds is 6. The van der Waals surface area contributed by atoms with Gasteiger partial charge in [-0.05, 0) is 35.4 Å². The molecule has 0 aliphatic carbocycles. The van der Waals surface area contributed by atoms with Gasteiger partial charge in [0.05, 0.1) is 21.5 Å². The summed E-state index contributed by atoms with van der Waals surface area (Å²) < 4.78 is 9.01. The highest BCUT2D eigenvalue weighted by molar-refractivity contribution is 7.26. The highest BCUT2D eigenvalue weighted by Crippen LogP contribution is 2.43. The summed E-state index contributed by atoms with van der Waals surface area (Å²) in [7, 11) is 0. The number of nitrogens with zero attached hydrogens (tertiary/aromatic N) is 5. The van der Waals surface area contributed by atoms with Gasteiger partial charge in [0.25, 0.3) is 0 Å². The summed E-state index contributed by atoms with van der Waals surface area (Å²) in [5.41, 5.74) is 10.0. The molecule has 0 saturated heterocycles. The quantitative estimate of drug-likeness (QED) is 0.169. The fourth-order valence-electron chi connectivity index (χ4n) is 7.52. The van der Waals surface area contributed by atoms with Gasteiger partial charge in [-0.2, -0.15) is 0 Å². The molecular weight excluding hydrogens is 707 g/mol. The Balaban J connectivity index is 1.12. The zero-order valence-corrected chi connectivity index (χ0v) is 30.6. The first kappa shape index (κ1) is 32.1. The second-order valence-electron chi connectivity index (χ2n) is 13.6. The van der Waals surface area contributed by atoms with Crippen LogP contribution in [-0.2, 0) is 0 Å². The molecule has 0 radical (unpaired) electrons. The van der Waals surface area contributed by atoms with Gasteiger partial charge in [0.1, 0.15) is 11.2 Å². The maximum absolute atomic E-state index is 6.77. The zero-order chi connectivity index (χ0) is 37.0. The molecular formula is C49H29N5OS. The lowest BCUT2D eigenvalue weighted by atomic mass is 10.0. The summed E-state index contributed by atoms with van der Waals surface area (Å²) in [6, 6.07) is 59.8. The molecule has 56 heavy (non-hydrogen) atoms. The van der Waals surface area contributed by atoms with Gasteiger partial charge in [0.2, 0.25) is 0 Å². The summed E-state index contributed by atoms with van der Waals surface area (Å²) in [6.45, 7) is 0. The first-order chi connectivity index (χ1) is 27.7. The molecule has 7 heteroatoms. The highest BCUT2D eigenvalue weighted by Gasteiger charge is 2.22. The van der Waals surface area contributed by atoms with Crippen LogP contribution in [0.5, 0.6) is 0 Å². The van der Waals surface area contributed by atoms with E-state index in [1.165, 1.54) is 4.70 Å². The number of para-hydroxylation sites is 1. The fraction of sp³-hybridized carbons (Fsp3) is 0. The summed E-state index contributed by atoms with van der Waals surface area (Å²) in [6.07, 6.45) is 0. The Labute approximate surface area is 325 Å². The van der Waals surface area contributed by atoms with Gasteiger partial charge in [-0.25, -0.2) is 24.9 Å². The van der Waals surface area contributed by atoms with Crippen LogP contribution in [-0.4, -0.2) is 24.9 Å². The van der Waals surface area contributed by atoms with Crippen molar-refractivity contribution in [2.24, 2.45) is 0 Å². The molecule has 4 heterocycles. The van der Waals surface area contributed by atoms with Crippen molar-refractivity contribution in [2.45, 2.75) is 0 Å². The Morgan fingerprint density at radius 1 is 0.393 bits per heavy atom. The van der Waals surface area contributed by atoms with Crippen molar-refractivity contribution in [3.05, 3.63) is 176 Å². The van der Waals surface area contributed by atoms with Gasteiger partial charge in [0, 0.05) is 43.1 Å². The molecule has 0 aliphatic heterocycles. The van der Waals surface area contributed by atoms with Crippen molar-refractivity contribution in [3.63, 3.8) is 0 Å². The molecule has 262 valence electrons. The summed E-state index contributed by atoms with van der Waals surface area (Å²) >= 11 is 1.73. The Morgan fingerprint density at radius 3 is 1.77 bits per heavy atom. The molecule has 6 nitrogen and oxygen atoms in total. The van der Waals surface area contributed by atoms with Crippen LogP contribution in [0.3, 0.4) is 0 Å². The van der Waals surface area contributed by atoms with Gasteiger partial charge in [-0.15, -0.1) is 11.3 Å². The van der Waals surface area contributed by atoms with E-state index in [4.69, 9.17) is 29.3 Å². The van der Waals surface area contributed by atoms with Crippen LogP contribution in [0.25, 0.3) is 110 Å². The predicted molar refractivity (Wildman–Crippen MR) is 228 cm³/mol. The molecule has 0 spiro atoms. The predicted octanol–water partition coefficient (Wildman–Crippen LogP) is 12.9. The molecule has 0 N–H and O–H groups in total. The SMILES string of the molecule is c1ccc(-c2cccc(-c3nc(-c4ccccc4)nc(-c4cccc5oc6c(-c7nc(-c8ccccc8)c8sc9ccccc9c8n7)cccc6c45)n3)c2)cc1. The van der Waals surface area contributed by atoms with Gasteiger partial charge in [0.15, 0.2) is 23.3 Å². The number of fused-ring (bicyclic) bond motifs is 6. The van der Waals surface area contributed by atoms with Gasteiger partial charge in [-0.3, -0.25) is 0 Å². The average molecular weight is 736 g/mol. The fourth-order valence-corrected chi connectivity index (χ4v) is 8.68. The third-order valence-corrected chi connectivity index (χ3v) is 11.3. The van der Waals surface area contributed by atoms with Crippen LogP contribution >= 0.6 is 11.3 Å². The van der Waals surface area contributed by atoms with Gasteiger partial charge in [-0.1, -0.05) is 152 Å². The molecule has 0 unspecified atom stereocenters. The van der Waals surface area contributed by atoms with Crippen molar-refractivity contribution in [1.29, 1.82) is 0 Å². The van der Waals surface area contributed by atoms with E-state index >= 15 is 0 Å². The Morgan fingerprint density at radius 2 is 0.964 bits per heavy atom. The second kappa shape index (κ2) is 13.2. The largest absolute Gasteiger partial charge is 0.455 e. The third kappa shape index (κ3) is 5.44. The summed E-state index contributed by atoms with van der Waals surface area (Å²) in [4.78, 5) is 25.8. The summed E-state index contributed by atoms with van der Waals surface area (Å²) in [5.74, 6) is 2.36. The minimum absolute atomic E-state index is 0.562. The lowest BCUT2D eigenvalue weighted by Gasteiger charge is -2.10. The van der Waals surface area contributed by atoms with Crippen LogP contribution in [0.15, 0.2) is 180 Å². The highest BCUT2D eigenvalue weighted by atomic mass is 32.1. The summed E-state index contributed by atoms with van der Waals surface area (Å²) in [5, 5.41) is 2.97. The Hall–Kier alpha value is -7.35. The van der Waals surface area contributed by atoms with Crippen molar-refractivity contribution in [3.8, 4) is 67.9 Å². The minimum Gasteiger partial charge on any atom is -0.455 e. The Kier molecular flexibility index (Phi) is 7.57. The maximum Gasteiger partial charge on any atom is 0.164 e. The molecule has 4 aromatic heterocycles. The number of benzene rings is 7. The lowest BCUT2D eigenvalue weighted by Crippen LogP contribution is -2.00. The molecule has 0 fully saturated rings. The second-order valence-corrected chi connectivity index (χ2v) is 14.7. The number of hydrogen-bond donors (Lipinski definition) is 0. The van der Waals surface area contributed by atoms with E-state index in [1.54, 1.807) is 11.3 Å². The molecule has 11 rings (SSSR count). The monoisotopic (exact) mass is 735 g/mol. The topological polar surface area (TPSA) is 77.6 Å². The minimum atomic E-state index is 0.562. The van der Waals surface area contributed by atoms with Crippen LogP contribution < -0.4 is 0 Å². The van der Waals surface area contributed by atoms with E-state index in [0.717, 1.165) is 76.6 Å². The molecule has 11 aromatic rings. The molecule has 7 aromatic carbocycles. The standard InChI is InChI=1S/C49H29N5OS/c1-4-15-30(16-5-1)33-21-12-22-34(29-33)47-52-46(32-19-8-3-9-20-32)53-48(54-47)37-25-14-27-39-41(37)36-24-13-26-38(44(36)55-39)49-50-42(31-17-6-2-7-18-31)45-43(51-49)35-23-10-11-28-40(35)56-45/h1-29H. The average Bonchev–Trinajstić information content (AvgIpc) is 3.86.